The largest absolute Gasteiger partial charge is 0.395 e. The third-order valence-corrected chi connectivity index (χ3v) is 3.75. The van der Waals surface area contributed by atoms with Crippen molar-refractivity contribution >= 4 is 0 Å². The van der Waals surface area contributed by atoms with Crippen LogP contribution in [0.25, 0.3) is 0 Å². The summed E-state index contributed by atoms with van der Waals surface area (Å²) in [5.74, 6) is 0. The zero-order chi connectivity index (χ0) is 12.1. The molecule has 0 amide bonds. The van der Waals surface area contributed by atoms with Crippen LogP contribution in [0.15, 0.2) is 30.3 Å². The van der Waals surface area contributed by atoms with Gasteiger partial charge in [0.15, 0.2) is 0 Å². The lowest BCUT2D eigenvalue weighted by Crippen LogP contribution is -2.35. The van der Waals surface area contributed by atoms with E-state index in [2.05, 4.69) is 36.5 Å². The number of aliphatic hydroxyl groups is 1. The Morgan fingerprint density at radius 1 is 1.29 bits per heavy atom. The van der Waals surface area contributed by atoms with E-state index in [1.165, 1.54) is 18.4 Å². The molecule has 1 aromatic carbocycles. The number of aliphatic hydroxyl groups excluding tert-OH is 1. The van der Waals surface area contributed by atoms with Crippen molar-refractivity contribution in [3.8, 4) is 0 Å². The van der Waals surface area contributed by atoms with Crippen LogP contribution in [0.5, 0.6) is 0 Å². The predicted molar refractivity (Wildman–Crippen MR) is 71.0 cm³/mol. The summed E-state index contributed by atoms with van der Waals surface area (Å²) in [6.07, 6.45) is 4.79. The molecule has 1 fully saturated rings. The van der Waals surface area contributed by atoms with E-state index >= 15 is 0 Å². The summed E-state index contributed by atoms with van der Waals surface area (Å²) >= 11 is 0. The van der Waals surface area contributed by atoms with E-state index in [9.17, 15) is 5.11 Å². The van der Waals surface area contributed by atoms with Gasteiger partial charge in [0.05, 0.1) is 6.61 Å². The van der Waals surface area contributed by atoms with E-state index < -0.39 is 0 Å². The second-order valence-electron chi connectivity index (χ2n) is 5.58. The number of hydrogen-bond donors (Lipinski definition) is 2. The third-order valence-electron chi connectivity index (χ3n) is 3.75. The van der Waals surface area contributed by atoms with E-state index in [1.807, 2.05) is 6.07 Å². The number of nitrogens with one attached hydrogen (secondary N) is 1. The Morgan fingerprint density at radius 3 is 2.59 bits per heavy atom. The average Bonchev–Trinajstić information content (AvgIpc) is 3.07. The molecule has 94 valence electrons. The Morgan fingerprint density at radius 2 is 2.00 bits per heavy atom. The standard InChI is InChI=1S/C15H23NO/c1-15(8-9-15)11-14(12-17)16-10-7-13-5-3-2-4-6-13/h2-6,14,16-17H,7-12H2,1H3/t14-/m1/s1. The molecule has 0 radical (unpaired) electrons. The van der Waals surface area contributed by atoms with Crippen molar-refractivity contribution in [3.63, 3.8) is 0 Å². The molecule has 2 nitrogen and oxygen atoms in total. The van der Waals surface area contributed by atoms with Crippen LogP contribution in [0.3, 0.4) is 0 Å². The van der Waals surface area contributed by atoms with Gasteiger partial charge in [-0.15, -0.1) is 0 Å². The van der Waals surface area contributed by atoms with Crippen molar-refractivity contribution in [1.82, 2.24) is 5.32 Å². The van der Waals surface area contributed by atoms with Gasteiger partial charge in [-0.25, -0.2) is 0 Å². The Bertz CT molecular complexity index is 332. The molecule has 0 heterocycles. The molecular formula is C15H23NO. The van der Waals surface area contributed by atoms with Gasteiger partial charge in [0.2, 0.25) is 0 Å². The number of rotatable bonds is 7. The first-order valence-corrected chi connectivity index (χ1v) is 6.60. The molecule has 1 saturated carbocycles. The van der Waals surface area contributed by atoms with Crippen molar-refractivity contribution < 1.29 is 5.11 Å². The summed E-state index contributed by atoms with van der Waals surface area (Å²) in [4.78, 5) is 0. The van der Waals surface area contributed by atoms with Crippen LogP contribution >= 0.6 is 0 Å². The van der Waals surface area contributed by atoms with Gasteiger partial charge in [-0.3, -0.25) is 0 Å². The van der Waals surface area contributed by atoms with Crippen LogP contribution in [0.2, 0.25) is 0 Å². The molecule has 0 aliphatic heterocycles. The SMILES string of the molecule is CC1(C[C@H](CO)NCCc2ccccc2)CC1. The average molecular weight is 233 g/mol. The minimum Gasteiger partial charge on any atom is -0.395 e. The highest BCUT2D eigenvalue weighted by atomic mass is 16.3. The summed E-state index contributed by atoms with van der Waals surface area (Å²) in [6.45, 7) is 3.52. The Balaban J connectivity index is 1.69. The lowest BCUT2D eigenvalue weighted by molar-refractivity contribution is 0.218. The van der Waals surface area contributed by atoms with Crippen molar-refractivity contribution in [3.05, 3.63) is 35.9 Å². The third kappa shape index (κ3) is 4.14. The summed E-state index contributed by atoms with van der Waals surface area (Å²) in [7, 11) is 0. The van der Waals surface area contributed by atoms with Gasteiger partial charge in [-0.05, 0) is 43.2 Å². The maximum Gasteiger partial charge on any atom is 0.0584 e. The lowest BCUT2D eigenvalue weighted by Gasteiger charge is -2.19. The molecule has 17 heavy (non-hydrogen) atoms. The highest BCUT2D eigenvalue weighted by Crippen LogP contribution is 2.48. The van der Waals surface area contributed by atoms with Crippen LogP contribution in [-0.2, 0) is 6.42 Å². The molecule has 0 unspecified atom stereocenters. The van der Waals surface area contributed by atoms with Crippen molar-refractivity contribution in [2.24, 2.45) is 5.41 Å². The molecule has 1 atom stereocenters. The van der Waals surface area contributed by atoms with Crippen LogP contribution < -0.4 is 5.32 Å². The van der Waals surface area contributed by atoms with Gasteiger partial charge >= 0.3 is 0 Å². The molecule has 1 aliphatic rings. The second-order valence-corrected chi connectivity index (χ2v) is 5.58. The van der Waals surface area contributed by atoms with Gasteiger partial charge in [-0.1, -0.05) is 37.3 Å². The van der Waals surface area contributed by atoms with E-state index in [4.69, 9.17) is 0 Å². The fraction of sp³-hybridized carbons (Fsp3) is 0.600. The highest BCUT2D eigenvalue weighted by Gasteiger charge is 2.38. The molecule has 0 bridgehead atoms. The molecule has 2 rings (SSSR count). The zero-order valence-corrected chi connectivity index (χ0v) is 10.7. The highest BCUT2D eigenvalue weighted by molar-refractivity contribution is 5.14. The Labute approximate surface area is 104 Å². The maximum absolute atomic E-state index is 9.35. The number of benzene rings is 1. The Hall–Kier alpha value is -0.860. The fourth-order valence-electron chi connectivity index (χ4n) is 2.28. The summed E-state index contributed by atoms with van der Waals surface area (Å²) in [6, 6.07) is 10.8. The minimum atomic E-state index is 0.254. The summed E-state index contributed by atoms with van der Waals surface area (Å²) < 4.78 is 0. The van der Waals surface area contributed by atoms with Crippen LogP contribution in [0.4, 0.5) is 0 Å². The van der Waals surface area contributed by atoms with E-state index in [-0.39, 0.29) is 12.6 Å². The molecule has 0 spiro atoms. The zero-order valence-electron chi connectivity index (χ0n) is 10.7. The normalized spacial score (nSPS) is 18.9. The first-order valence-electron chi connectivity index (χ1n) is 6.60. The quantitative estimate of drug-likeness (QED) is 0.758. The molecule has 0 saturated heterocycles. The van der Waals surface area contributed by atoms with Gasteiger partial charge in [-0.2, -0.15) is 0 Å². The monoisotopic (exact) mass is 233 g/mol. The molecule has 1 aliphatic carbocycles. The van der Waals surface area contributed by atoms with Crippen LogP contribution in [-0.4, -0.2) is 24.3 Å². The summed E-state index contributed by atoms with van der Waals surface area (Å²) in [5.41, 5.74) is 1.86. The Kier molecular flexibility index (Phi) is 4.19. The van der Waals surface area contributed by atoms with Crippen molar-refractivity contribution in [2.45, 2.75) is 38.6 Å². The molecule has 0 aromatic heterocycles. The first-order chi connectivity index (χ1) is 8.22. The van der Waals surface area contributed by atoms with E-state index in [0.717, 1.165) is 19.4 Å². The second kappa shape index (κ2) is 5.65. The van der Waals surface area contributed by atoms with E-state index in [0.29, 0.717) is 5.41 Å². The fourth-order valence-corrected chi connectivity index (χ4v) is 2.28. The molecule has 2 heteroatoms. The van der Waals surface area contributed by atoms with Crippen molar-refractivity contribution in [1.29, 1.82) is 0 Å². The molecule has 1 aromatic rings. The summed E-state index contributed by atoms with van der Waals surface area (Å²) in [5, 5.41) is 12.8. The lowest BCUT2D eigenvalue weighted by atomic mass is 9.99. The molecule has 2 N–H and O–H groups in total. The van der Waals surface area contributed by atoms with Gasteiger partial charge in [0.25, 0.3) is 0 Å². The smallest absolute Gasteiger partial charge is 0.0584 e. The predicted octanol–water partition coefficient (Wildman–Crippen LogP) is 2.37. The van der Waals surface area contributed by atoms with Gasteiger partial charge in [0, 0.05) is 6.04 Å². The van der Waals surface area contributed by atoms with Crippen molar-refractivity contribution in [2.75, 3.05) is 13.2 Å². The molecular weight excluding hydrogens is 210 g/mol. The first kappa shape index (κ1) is 12.6. The van der Waals surface area contributed by atoms with Crippen LogP contribution in [0.1, 0.15) is 31.7 Å². The maximum atomic E-state index is 9.35. The topological polar surface area (TPSA) is 32.3 Å². The number of hydrogen-bond acceptors (Lipinski definition) is 2. The minimum absolute atomic E-state index is 0.254. The van der Waals surface area contributed by atoms with Gasteiger partial charge < -0.3 is 10.4 Å². The van der Waals surface area contributed by atoms with Gasteiger partial charge in [0.1, 0.15) is 0 Å². The van der Waals surface area contributed by atoms with Crippen LogP contribution in [0, 0.1) is 5.41 Å². The van der Waals surface area contributed by atoms with E-state index in [1.54, 1.807) is 0 Å².